The number of hydrogen-bond acceptors (Lipinski definition) is 3. The lowest BCUT2D eigenvalue weighted by molar-refractivity contribution is -0.117. The Hall–Kier alpha value is -2.06. The molecule has 1 saturated heterocycles. The molecule has 1 fully saturated rings. The van der Waals surface area contributed by atoms with Crippen LogP contribution in [0.2, 0.25) is 0 Å². The lowest BCUT2D eigenvalue weighted by Crippen LogP contribution is -2.43. The summed E-state index contributed by atoms with van der Waals surface area (Å²) in [4.78, 5) is 21.6. The number of amides is 1. The topological polar surface area (TPSA) is 47.9 Å². The molecule has 152 valence electrons. The minimum absolute atomic E-state index is 0.0434. The molecule has 0 saturated carbocycles. The largest absolute Gasteiger partial charge is 0.353 e. The van der Waals surface area contributed by atoms with Gasteiger partial charge in [0.2, 0.25) is 5.91 Å². The highest BCUT2D eigenvalue weighted by molar-refractivity contribution is 5.95. The Morgan fingerprint density at radius 3 is 2.44 bits per heavy atom. The highest BCUT2D eigenvalue weighted by Crippen LogP contribution is 2.08. The van der Waals surface area contributed by atoms with Gasteiger partial charge < -0.3 is 10.2 Å². The Labute approximate surface area is 166 Å². The number of allylic oxidation sites excluding steroid dienone is 1. The van der Waals surface area contributed by atoms with Crippen LogP contribution in [-0.4, -0.2) is 67.4 Å². The zero-order chi connectivity index (χ0) is 20.5. The number of terminal acetylenes is 1. The predicted octanol–water partition coefficient (Wildman–Crippen LogP) is 3.10. The number of unbranched alkanes of at least 4 members (excludes halogenated alkanes) is 2. The molecule has 1 N–H and O–H groups in total. The van der Waals surface area contributed by atoms with Gasteiger partial charge >= 0.3 is 0 Å². The second-order valence-electron chi connectivity index (χ2n) is 6.52. The fourth-order valence-corrected chi connectivity index (χ4v) is 2.87. The van der Waals surface area contributed by atoms with Crippen LogP contribution < -0.4 is 5.32 Å². The van der Waals surface area contributed by atoms with Crippen LogP contribution in [0.25, 0.3) is 0 Å². The van der Waals surface area contributed by atoms with Gasteiger partial charge in [0.1, 0.15) is 5.84 Å². The van der Waals surface area contributed by atoms with Crippen LogP contribution in [0.3, 0.4) is 0 Å². The van der Waals surface area contributed by atoms with Gasteiger partial charge in [0.05, 0.1) is 13.1 Å². The summed E-state index contributed by atoms with van der Waals surface area (Å²) in [6, 6.07) is 0. The fraction of sp³-hybridized carbons (Fsp3) is 0.636. The average molecular weight is 375 g/mol. The molecular formula is C22H38N4O. The fourth-order valence-electron chi connectivity index (χ4n) is 2.87. The number of nitrogens with zero attached hydrogens (tertiary/aromatic N) is 3. The maximum absolute atomic E-state index is 12.1. The first-order chi connectivity index (χ1) is 13.2. The van der Waals surface area contributed by atoms with Gasteiger partial charge in [-0.15, -0.1) is 19.4 Å². The van der Waals surface area contributed by atoms with Crippen LogP contribution in [0.4, 0.5) is 0 Å². The molecule has 1 heterocycles. The summed E-state index contributed by atoms with van der Waals surface area (Å²) in [5, 5.41) is 2.97. The third kappa shape index (κ3) is 10.0. The third-order valence-electron chi connectivity index (χ3n) is 4.46. The monoisotopic (exact) mass is 374 g/mol. The molecule has 27 heavy (non-hydrogen) atoms. The van der Waals surface area contributed by atoms with Crippen molar-refractivity contribution in [2.75, 3.05) is 45.8 Å². The van der Waals surface area contributed by atoms with E-state index in [-0.39, 0.29) is 5.91 Å². The molecule has 5 nitrogen and oxygen atoms in total. The van der Waals surface area contributed by atoms with Crippen LogP contribution >= 0.6 is 0 Å². The van der Waals surface area contributed by atoms with Crippen LogP contribution in [0.5, 0.6) is 0 Å². The van der Waals surface area contributed by atoms with Crippen molar-refractivity contribution in [3.05, 3.63) is 24.3 Å². The highest BCUT2D eigenvalue weighted by atomic mass is 16.1. The lowest BCUT2D eigenvalue weighted by atomic mass is 10.2. The van der Waals surface area contributed by atoms with E-state index < -0.39 is 0 Å². The molecule has 1 amide bonds. The van der Waals surface area contributed by atoms with Crippen molar-refractivity contribution < 1.29 is 4.79 Å². The van der Waals surface area contributed by atoms with E-state index in [1.54, 1.807) is 0 Å². The molecule has 1 aliphatic rings. The molecule has 0 unspecified atom stereocenters. The van der Waals surface area contributed by atoms with Crippen molar-refractivity contribution in [3.63, 3.8) is 0 Å². The minimum atomic E-state index is 0.0434. The van der Waals surface area contributed by atoms with Crippen molar-refractivity contribution in [2.45, 2.75) is 46.5 Å². The summed E-state index contributed by atoms with van der Waals surface area (Å²) in [5.74, 6) is 1.12. The van der Waals surface area contributed by atoms with Gasteiger partial charge in [-0.25, -0.2) is 0 Å². The minimum Gasteiger partial charge on any atom is -0.353 e. The maximum Gasteiger partial charge on any atom is 0.248 e. The zero-order valence-electron chi connectivity index (χ0n) is 17.5. The Morgan fingerprint density at radius 2 is 1.93 bits per heavy atom. The van der Waals surface area contributed by atoms with Gasteiger partial charge in [0.15, 0.2) is 0 Å². The summed E-state index contributed by atoms with van der Waals surface area (Å²) < 4.78 is 0. The Morgan fingerprint density at radius 1 is 1.30 bits per heavy atom. The molecule has 0 aromatic carbocycles. The quantitative estimate of drug-likeness (QED) is 0.210. The maximum atomic E-state index is 12.1. The van der Waals surface area contributed by atoms with Gasteiger partial charge in [0.25, 0.3) is 0 Å². The van der Waals surface area contributed by atoms with Crippen LogP contribution in [0.15, 0.2) is 29.3 Å². The van der Waals surface area contributed by atoms with E-state index in [9.17, 15) is 4.79 Å². The van der Waals surface area contributed by atoms with Crippen molar-refractivity contribution in [1.82, 2.24) is 15.1 Å². The molecule has 0 bridgehead atoms. The molecule has 0 spiro atoms. The van der Waals surface area contributed by atoms with Crippen molar-refractivity contribution in [3.8, 4) is 12.8 Å². The normalized spacial score (nSPS) is 16.5. The van der Waals surface area contributed by atoms with E-state index in [0.717, 1.165) is 37.6 Å². The summed E-state index contributed by atoms with van der Waals surface area (Å²) in [6.07, 6.45) is 16.6. The number of aliphatic imine (C=N–C) groups is 1. The SMILES string of the molecule is C#C.C=CCN=C(CN(CCCC)CCCC)N1CCNC(=O)/C(=C/C)C1. The second-order valence-corrected chi connectivity index (χ2v) is 6.52. The van der Waals surface area contributed by atoms with E-state index in [4.69, 9.17) is 4.99 Å². The number of rotatable bonds is 10. The first-order valence-electron chi connectivity index (χ1n) is 10.0. The van der Waals surface area contributed by atoms with Gasteiger partial charge in [-0.05, 0) is 32.9 Å². The molecular weight excluding hydrogens is 336 g/mol. The number of hydrogen-bond donors (Lipinski definition) is 1. The van der Waals surface area contributed by atoms with Gasteiger partial charge in [-0.2, -0.15) is 0 Å². The molecule has 0 aromatic rings. The number of carbonyl (C=O) groups is 1. The molecule has 1 rings (SSSR count). The van der Waals surface area contributed by atoms with Crippen molar-refractivity contribution in [2.24, 2.45) is 4.99 Å². The van der Waals surface area contributed by atoms with E-state index in [1.165, 1.54) is 25.7 Å². The van der Waals surface area contributed by atoms with Crippen LogP contribution in [-0.2, 0) is 4.79 Å². The second kappa shape index (κ2) is 16.1. The van der Waals surface area contributed by atoms with Crippen molar-refractivity contribution >= 4 is 11.7 Å². The van der Waals surface area contributed by atoms with Gasteiger partial charge in [-0.3, -0.25) is 14.7 Å². The Bertz CT molecular complexity index is 500. The smallest absolute Gasteiger partial charge is 0.248 e. The first-order valence-corrected chi connectivity index (χ1v) is 10.0. The van der Waals surface area contributed by atoms with E-state index in [2.05, 4.69) is 48.4 Å². The summed E-state index contributed by atoms with van der Waals surface area (Å²) >= 11 is 0. The van der Waals surface area contributed by atoms with E-state index >= 15 is 0 Å². The summed E-state index contributed by atoms with van der Waals surface area (Å²) in [7, 11) is 0. The standard InChI is InChI=1S/C20H36N4O.C2H2/c1-5-9-13-23(14-10-6-2)17-19(21-11-7-3)24-15-12-22-20(25)18(8-4)16-24;1-2/h7-8H,3,5-6,9-17H2,1-2,4H3,(H,22,25);1-2H/b18-8+,21-19?;. The number of nitrogens with one attached hydrogen (secondary N) is 1. The Balaban J connectivity index is 0.00000326. The summed E-state index contributed by atoms with van der Waals surface area (Å²) in [5.41, 5.74) is 0.817. The lowest BCUT2D eigenvalue weighted by Gasteiger charge is -2.30. The Kier molecular flexibility index (Phi) is 14.9. The molecule has 0 aromatic heterocycles. The third-order valence-corrected chi connectivity index (χ3v) is 4.46. The van der Waals surface area contributed by atoms with E-state index in [0.29, 0.717) is 19.6 Å². The first kappa shape index (κ1) is 24.9. The number of amidine groups is 1. The molecule has 5 heteroatoms. The highest BCUT2D eigenvalue weighted by Gasteiger charge is 2.22. The van der Waals surface area contributed by atoms with Gasteiger partial charge in [0, 0.05) is 25.2 Å². The zero-order valence-corrected chi connectivity index (χ0v) is 17.5. The molecule has 1 aliphatic heterocycles. The average Bonchev–Trinajstić information content (AvgIpc) is 2.89. The van der Waals surface area contributed by atoms with Crippen LogP contribution in [0, 0.1) is 12.8 Å². The van der Waals surface area contributed by atoms with E-state index in [1.807, 2.05) is 19.1 Å². The molecule has 0 radical (unpaired) electrons. The molecule has 0 aliphatic carbocycles. The molecule has 0 atom stereocenters. The predicted molar refractivity (Wildman–Crippen MR) is 117 cm³/mol. The van der Waals surface area contributed by atoms with Gasteiger partial charge in [-0.1, -0.05) is 38.8 Å². The number of carbonyl (C=O) groups excluding carboxylic acids is 1. The van der Waals surface area contributed by atoms with Crippen LogP contribution in [0.1, 0.15) is 46.5 Å². The summed E-state index contributed by atoms with van der Waals surface area (Å²) in [6.45, 7) is 15.9. The van der Waals surface area contributed by atoms with Crippen molar-refractivity contribution in [1.29, 1.82) is 0 Å².